The van der Waals surface area contributed by atoms with E-state index in [2.05, 4.69) is 9.98 Å². The predicted molar refractivity (Wildman–Crippen MR) is 166 cm³/mol. The Morgan fingerprint density at radius 1 is 0.690 bits per heavy atom. The molecule has 0 radical (unpaired) electrons. The van der Waals surface area contributed by atoms with Gasteiger partial charge in [-0.3, -0.25) is 9.98 Å². The third-order valence-corrected chi connectivity index (χ3v) is 7.79. The first kappa shape index (κ1) is 28.5. The highest BCUT2D eigenvalue weighted by Gasteiger charge is 2.28. The number of aromatic hydroxyl groups is 6. The minimum absolute atomic E-state index is 0.108. The van der Waals surface area contributed by atoms with Gasteiger partial charge in [-0.2, -0.15) is 0 Å². The third-order valence-electron chi connectivity index (χ3n) is 7.79. The Bertz CT molecular complexity index is 1910. The van der Waals surface area contributed by atoms with Gasteiger partial charge in [-0.25, -0.2) is 0 Å². The van der Waals surface area contributed by atoms with Crippen molar-refractivity contribution in [3.8, 4) is 45.6 Å². The van der Waals surface area contributed by atoms with Crippen molar-refractivity contribution in [2.75, 3.05) is 0 Å². The van der Waals surface area contributed by atoms with E-state index in [1.54, 1.807) is 38.4 Å². The molecule has 8 nitrogen and oxygen atoms in total. The minimum Gasteiger partial charge on any atom is -0.507 e. The van der Waals surface area contributed by atoms with E-state index in [0.29, 0.717) is 55.2 Å². The van der Waals surface area contributed by atoms with Crippen LogP contribution in [0.25, 0.3) is 32.7 Å². The normalized spacial score (nSPS) is 12.0. The Morgan fingerprint density at radius 2 is 1.29 bits per heavy atom. The molecule has 0 atom stereocenters. The van der Waals surface area contributed by atoms with Gasteiger partial charge < -0.3 is 30.6 Å². The van der Waals surface area contributed by atoms with Gasteiger partial charge in [0.25, 0.3) is 0 Å². The van der Waals surface area contributed by atoms with Crippen molar-refractivity contribution < 1.29 is 30.6 Å². The van der Waals surface area contributed by atoms with Crippen molar-refractivity contribution in [3.05, 3.63) is 70.5 Å². The average Bonchev–Trinajstić information content (AvgIpc) is 2.92. The Balaban J connectivity index is 1.91. The lowest BCUT2D eigenvalue weighted by atomic mass is 9.84. The van der Waals surface area contributed by atoms with Gasteiger partial charge in [0.2, 0.25) is 0 Å². The van der Waals surface area contributed by atoms with Crippen LogP contribution in [0, 0.1) is 13.8 Å². The molecule has 0 bridgehead atoms. The van der Waals surface area contributed by atoms with Crippen LogP contribution in [0.2, 0.25) is 0 Å². The largest absolute Gasteiger partial charge is 0.507 e. The molecule has 4 aromatic carbocycles. The summed E-state index contributed by atoms with van der Waals surface area (Å²) in [7, 11) is 0. The summed E-state index contributed by atoms with van der Waals surface area (Å²) < 4.78 is 0. The lowest BCUT2D eigenvalue weighted by Gasteiger charge is -2.22. The summed E-state index contributed by atoms with van der Waals surface area (Å²) in [5, 5.41) is 68.7. The molecule has 0 unspecified atom stereocenters. The summed E-state index contributed by atoms with van der Waals surface area (Å²) in [6.45, 7) is 11.1. The molecule has 0 saturated heterocycles. The van der Waals surface area contributed by atoms with Crippen molar-refractivity contribution in [3.63, 3.8) is 0 Å². The SMILES string of the molecule is Cc1cc2c(C(C)C)c(O)c(O)cc2c(O)c1-c1c(C)cc2c(C(C)C)c(O)c(O)c(C=Nc3cccnc3)c2c1O. The number of aliphatic imine (C=N–C) groups is 1. The molecule has 8 heteroatoms. The Hall–Kier alpha value is -4.98. The molecule has 0 saturated carbocycles. The molecule has 0 amide bonds. The minimum atomic E-state index is -0.426. The first-order valence-corrected chi connectivity index (χ1v) is 13.7. The molecule has 5 rings (SSSR count). The monoisotopic (exact) mass is 566 g/mol. The third kappa shape index (κ3) is 4.40. The number of benzene rings is 4. The molecule has 0 fully saturated rings. The van der Waals surface area contributed by atoms with Crippen LogP contribution in [0.15, 0.2) is 47.7 Å². The summed E-state index contributed by atoms with van der Waals surface area (Å²) in [5.41, 5.74) is 3.50. The van der Waals surface area contributed by atoms with Gasteiger partial charge in [-0.05, 0) is 65.8 Å². The number of phenols is 6. The van der Waals surface area contributed by atoms with E-state index in [1.165, 1.54) is 12.3 Å². The first-order chi connectivity index (χ1) is 19.8. The summed E-state index contributed by atoms with van der Waals surface area (Å²) in [6, 6.07) is 8.40. The van der Waals surface area contributed by atoms with Crippen LogP contribution in [0.3, 0.4) is 0 Å². The van der Waals surface area contributed by atoms with Gasteiger partial charge in [0.05, 0.1) is 17.4 Å². The van der Waals surface area contributed by atoms with Gasteiger partial charge >= 0.3 is 0 Å². The standard InChI is InChI=1S/C34H34N2O6/c1-15(2)25-20-10-17(5)27(30(38)21(20)12-24(37)32(25)40)28-18(6)11-22-26(16(3)4)34(42)31(39)23(29(22)33(28)41)14-36-19-8-7-9-35-13-19/h7-16,37-42H,1-6H3. The quantitative estimate of drug-likeness (QED) is 0.0936. The summed E-state index contributed by atoms with van der Waals surface area (Å²) in [4.78, 5) is 8.47. The van der Waals surface area contributed by atoms with Crippen molar-refractivity contribution in [2.24, 2.45) is 4.99 Å². The maximum absolute atomic E-state index is 12.0. The molecule has 1 heterocycles. The van der Waals surface area contributed by atoms with Crippen molar-refractivity contribution in [1.29, 1.82) is 0 Å². The molecule has 0 aliphatic carbocycles. The van der Waals surface area contributed by atoms with E-state index in [9.17, 15) is 30.6 Å². The maximum Gasteiger partial charge on any atom is 0.167 e. The number of aromatic nitrogens is 1. The average molecular weight is 567 g/mol. The van der Waals surface area contributed by atoms with Crippen molar-refractivity contribution in [1.82, 2.24) is 4.98 Å². The lowest BCUT2D eigenvalue weighted by molar-refractivity contribution is 0.398. The van der Waals surface area contributed by atoms with E-state index < -0.39 is 5.75 Å². The van der Waals surface area contributed by atoms with Crippen molar-refractivity contribution >= 4 is 33.4 Å². The van der Waals surface area contributed by atoms with Crippen LogP contribution in [0.5, 0.6) is 34.5 Å². The van der Waals surface area contributed by atoms with E-state index in [1.807, 2.05) is 39.8 Å². The highest BCUT2D eigenvalue weighted by atomic mass is 16.3. The number of hydrogen-bond acceptors (Lipinski definition) is 8. The topological polar surface area (TPSA) is 147 Å². The summed E-state index contributed by atoms with van der Waals surface area (Å²) in [5.74, 6) is -2.03. The number of aryl methyl sites for hydroxylation is 2. The zero-order chi connectivity index (χ0) is 30.6. The summed E-state index contributed by atoms with van der Waals surface area (Å²) in [6.07, 6.45) is 4.53. The zero-order valence-corrected chi connectivity index (χ0v) is 24.4. The lowest BCUT2D eigenvalue weighted by Crippen LogP contribution is -2.00. The van der Waals surface area contributed by atoms with Crippen LogP contribution >= 0.6 is 0 Å². The second-order valence-corrected chi connectivity index (χ2v) is 11.3. The van der Waals surface area contributed by atoms with Gasteiger partial charge in [-0.1, -0.05) is 39.8 Å². The van der Waals surface area contributed by atoms with Gasteiger partial charge in [0.15, 0.2) is 23.0 Å². The number of hydrogen-bond donors (Lipinski definition) is 6. The van der Waals surface area contributed by atoms with Gasteiger partial charge in [0, 0.05) is 45.4 Å². The molecule has 6 N–H and O–H groups in total. The summed E-state index contributed by atoms with van der Waals surface area (Å²) >= 11 is 0. The predicted octanol–water partition coefficient (Wildman–Crippen LogP) is 7.90. The molecule has 1 aromatic heterocycles. The fraction of sp³-hybridized carbons (Fsp3) is 0.235. The first-order valence-electron chi connectivity index (χ1n) is 13.7. The maximum atomic E-state index is 12.0. The Labute approximate surface area is 243 Å². The van der Waals surface area contributed by atoms with Crippen LogP contribution in [-0.2, 0) is 0 Å². The Kier molecular flexibility index (Phi) is 7.10. The van der Waals surface area contributed by atoms with Crippen molar-refractivity contribution in [2.45, 2.75) is 53.4 Å². The molecule has 5 aromatic rings. The van der Waals surface area contributed by atoms with Crippen LogP contribution in [0.1, 0.15) is 67.3 Å². The molecule has 0 spiro atoms. The second-order valence-electron chi connectivity index (χ2n) is 11.3. The number of pyridine rings is 1. The zero-order valence-electron chi connectivity index (χ0n) is 24.4. The number of fused-ring (bicyclic) bond motifs is 2. The molecule has 216 valence electrons. The van der Waals surface area contributed by atoms with E-state index in [-0.39, 0.29) is 51.5 Å². The molecular formula is C34H34N2O6. The fourth-order valence-corrected chi connectivity index (χ4v) is 5.94. The van der Waals surface area contributed by atoms with E-state index >= 15 is 0 Å². The number of nitrogens with zero attached hydrogens (tertiary/aromatic N) is 2. The molecule has 42 heavy (non-hydrogen) atoms. The van der Waals surface area contributed by atoms with E-state index in [4.69, 9.17) is 0 Å². The number of rotatable bonds is 5. The highest BCUT2D eigenvalue weighted by Crippen LogP contribution is 2.53. The number of phenolic OH excluding ortho intramolecular Hbond substituents is 6. The van der Waals surface area contributed by atoms with Crippen LogP contribution in [-0.4, -0.2) is 41.8 Å². The van der Waals surface area contributed by atoms with Crippen LogP contribution in [0.4, 0.5) is 5.69 Å². The second kappa shape index (κ2) is 10.4. The van der Waals surface area contributed by atoms with Gasteiger partial charge in [-0.15, -0.1) is 0 Å². The molecular weight excluding hydrogens is 532 g/mol. The Morgan fingerprint density at radius 3 is 1.88 bits per heavy atom. The smallest absolute Gasteiger partial charge is 0.167 e. The van der Waals surface area contributed by atoms with Gasteiger partial charge in [0.1, 0.15) is 11.5 Å². The molecule has 0 aliphatic rings. The molecule has 0 aliphatic heterocycles. The van der Waals surface area contributed by atoms with E-state index in [0.717, 1.165) is 0 Å². The fourth-order valence-electron chi connectivity index (χ4n) is 5.94. The highest BCUT2D eigenvalue weighted by molar-refractivity contribution is 6.13. The van der Waals surface area contributed by atoms with Crippen LogP contribution < -0.4 is 0 Å².